The van der Waals surface area contributed by atoms with E-state index < -0.39 is 11.6 Å². The second-order valence-electron chi connectivity index (χ2n) is 7.88. The summed E-state index contributed by atoms with van der Waals surface area (Å²) < 4.78 is 13.7. The first kappa shape index (κ1) is 22.1. The third-order valence-corrected chi connectivity index (χ3v) is 5.59. The smallest absolute Gasteiger partial charge is 0.351 e. The number of nitrogens with one attached hydrogen (secondary N) is 1. The minimum absolute atomic E-state index is 0.180. The molecular formula is C26H23N5O4. The third-order valence-electron chi connectivity index (χ3n) is 5.59. The molecule has 0 saturated carbocycles. The maximum Gasteiger partial charge on any atom is 0.351 e. The number of carbonyl (C=O) groups is 1. The van der Waals surface area contributed by atoms with Gasteiger partial charge in [0.15, 0.2) is 0 Å². The molecular weight excluding hydrogens is 446 g/mol. The molecule has 0 fully saturated rings. The molecule has 0 bridgehead atoms. The number of methoxy groups -OCH3 is 1. The maximum atomic E-state index is 13.3. The SMILES string of the molecule is CCc1ccc(Oc2nc3ccccc3n3c(=O)n(CC(=O)Nc4ccc(OC)cc4)nc23)cc1. The normalized spacial score (nSPS) is 11.0. The fraction of sp³-hybridized carbons (Fsp3) is 0.154. The van der Waals surface area contributed by atoms with Crippen LogP contribution in [0.1, 0.15) is 12.5 Å². The zero-order chi connectivity index (χ0) is 24.4. The molecule has 5 aromatic rings. The molecule has 0 aliphatic carbocycles. The maximum absolute atomic E-state index is 13.3. The summed E-state index contributed by atoms with van der Waals surface area (Å²) in [4.78, 5) is 30.5. The molecule has 176 valence electrons. The van der Waals surface area contributed by atoms with Gasteiger partial charge >= 0.3 is 5.69 Å². The second-order valence-corrected chi connectivity index (χ2v) is 7.88. The van der Waals surface area contributed by atoms with Gasteiger partial charge in [0.25, 0.3) is 5.88 Å². The molecule has 0 aliphatic heterocycles. The van der Waals surface area contributed by atoms with Gasteiger partial charge in [0, 0.05) is 5.69 Å². The summed E-state index contributed by atoms with van der Waals surface area (Å²) in [6.45, 7) is 1.81. The highest BCUT2D eigenvalue weighted by molar-refractivity contribution is 5.90. The monoisotopic (exact) mass is 469 g/mol. The quantitative estimate of drug-likeness (QED) is 0.386. The van der Waals surface area contributed by atoms with Gasteiger partial charge in [-0.3, -0.25) is 4.79 Å². The lowest BCUT2D eigenvalue weighted by Gasteiger charge is -2.08. The number of hydrogen-bond donors (Lipinski definition) is 1. The van der Waals surface area contributed by atoms with E-state index in [-0.39, 0.29) is 18.1 Å². The first-order chi connectivity index (χ1) is 17.1. The Labute approximate surface area is 200 Å². The topological polar surface area (TPSA) is 99.8 Å². The van der Waals surface area contributed by atoms with Crippen molar-refractivity contribution < 1.29 is 14.3 Å². The Morgan fingerprint density at radius 2 is 1.69 bits per heavy atom. The van der Waals surface area contributed by atoms with E-state index in [1.807, 2.05) is 36.4 Å². The van der Waals surface area contributed by atoms with Crippen LogP contribution < -0.4 is 20.5 Å². The number of para-hydroxylation sites is 2. The lowest BCUT2D eigenvalue weighted by molar-refractivity contribution is -0.117. The molecule has 5 rings (SSSR count). The van der Waals surface area contributed by atoms with Gasteiger partial charge in [-0.1, -0.05) is 31.2 Å². The summed E-state index contributed by atoms with van der Waals surface area (Å²) in [5, 5.41) is 7.17. The van der Waals surface area contributed by atoms with Crippen molar-refractivity contribution in [1.82, 2.24) is 19.2 Å². The Hall–Kier alpha value is -4.66. The largest absolute Gasteiger partial charge is 0.497 e. The fourth-order valence-electron chi connectivity index (χ4n) is 3.76. The standard InChI is InChI=1S/C26H23N5O4/c1-3-17-8-12-20(13-9-17)35-25-24-29-30(16-23(32)27-18-10-14-19(34-2)15-11-18)26(33)31(24)22-7-5-4-6-21(22)28-25/h4-15H,3,16H2,1-2H3,(H,27,32). The van der Waals surface area contributed by atoms with Crippen LogP contribution in [0.3, 0.4) is 0 Å². The molecule has 9 nitrogen and oxygen atoms in total. The summed E-state index contributed by atoms with van der Waals surface area (Å²) in [7, 11) is 1.57. The Morgan fingerprint density at radius 1 is 0.971 bits per heavy atom. The van der Waals surface area contributed by atoms with Crippen LogP contribution in [0.2, 0.25) is 0 Å². The number of rotatable bonds is 7. The Morgan fingerprint density at radius 3 is 2.40 bits per heavy atom. The molecule has 0 spiro atoms. The van der Waals surface area contributed by atoms with Crippen LogP contribution in [0.25, 0.3) is 16.7 Å². The molecule has 2 heterocycles. The molecule has 0 atom stereocenters. The highest BCUT2D eigenvalue weighted by Crippen LogP contribution is 2.26. The minimum Gasteiger partial charge on any atom is -0.497 e. The predicted molar refractivity (Wildman–Crippen MR) is 132 cm³/mol. The number of amides is 1. The molecule has 1 N–H and O–H groups in total. The van der Waals surface area contributed by atoms with Gasteiger partial charge in [0.05, 0.1) is 18.1 Å². The van der Waals surface area contributed by atoms with Gasteiger partial charge in [-0.05, 0) is 60.5 Å². The van der Waals surface area contributed by atoms with Crippen molar-refractivity contribution in [2.75, 3.05) is 12.4 Å². The van der Waals surface area contributed by atoms with E-state index in [2.05, 4.69) is 22.3 Å². The van der Waals surface area contributed by atoms with Crippen molar-refractivity contribution in [3.8, 4) is 17.4 Å². The number of ether oxygens (including phenoxy) is 2. The van der Waals surface area contributed by atoms with E-state index in [9.17, 15) is 9.59 Å². The van der Waals surface area contributed by atoms with Crippen LogP contribution in [0, 0.1) is 0 Å². The average molecular weight is 470 g/mol. The van der Waals surface area contributed by atoms with Crippen molar-refractivity contribution in [2.45, 2.75) is 19.9 Å². The number of carbonyl (C=O) groups excluding carboxylic acids is 1. The van der Waals surface area contributed by atoms with Gasteiger partial charge in [-0.25, -0.2) is 18.9 Å². The number of fused-ring (bicyclic) bond motifs is 3. The minimum atomic E-state index is -0.463. The van der Waals surface area contributed by atoms with Crippen LogP contribution in [-0.4, -0.2) is 32.2 Å². The van der Waals surface area contributed by atoms with Crippen molar-refractivity contribution in [1.29, 1.82) is 0 Å². The summed E-state index contributed by atoms with van der Waals surface area (Å²) >= 11 is 0. The number of anilines is 1. The van der Waals surface area contributed by atoms with E-state index >= 15 is 0 Å². The van der Waals surface area contributed by atoms with Crippen LogP contribution in [0.15, 0.2) is 77.6 Å². The molecule has 0 unspecified atom stereocenters. The number of aromatic nitrogens is 4. The highest BCUT2D eigenvalue weighted by atomic mass is 16.5. The highest BCUT2D eigenvalue weighted by Gasteiger charge is 2.19. The molecule has 1 amide bonds. The van der Waals surface area contributed by atoms with Crippen LogP contribution in [-0.2, 0) is 17.8 Å². The number of nitrogens with zero attached hydrogens (tertiary/aromatic N) is 4. The number of hydrogen-bond acceptors (Lipinski definition) is 6. The lowest BCUT2D eigenvalue weighted by atomic mass is 10.2. The third kappa shape index (κ3) is 4.43. The summed E-state index contributed by atoms with van der Waals surface area (Å²) in [5.74, 6) is 1.04. The second kappa shape index (κ2) is 9.30. The fourth-order valence-corrected chi connectivity index (χ4v) is 3.76. The van der Waals surface area contributed by atoms with Crippen LogP contribution >= 0.6 is 0 Å². The average Bonchev–Trinajstić information content (AvgIpc) is 3.21. The lowest BCUT2D eigenvalue weighted by Crippen LogP contribution is -2.28. The van der Waals surface area contributed by atoms with Gasteiger partial charge < -0.3 is 14.8 Å². The Bertz CT molecular complexity index is 1570. The molecule has 35 heavy (non-hydrogen) atoms. The Balaban J connectivity index is 1.51. The Kier molecular flexibility index (Phi) is 5.88. The molecule has 9 heteroatoms. The van der Waals surface area contributed by atoms with E-state index in [0.717, 1.165) is 11.1 Å². The van der Waals surface area contributed by atoms with E-state index in [4.69, 9.17) is 9.47 Å². The summed E-state index contributed by atoms with van der Waals surface area (Å²) in [6, 6.07) is 21.8. The molecule has 0 radical (unpaired) electrons. The first-order valence-corrected chi connectivity index (χ1v) is 11.1. The summed E-state index contributed by atoms with van der Waals surface area (Å²) in [5.41, 5.74) is 2.67. The van der Waals surface area contributed by atoms with E-state index in [1.54, 1.807) is 43.5 Å². The zero-order valence-corrected chi connectivity index (χ0v) is 19.3. The molecule has 0 saturated heterocycles. The van der Waals surface area contributed by atoms with E-state index in [1.165, 1.54) is 9.96 Å². The first-order valence-electron chi connectivity index (χ1n) is 11.1. The van der Waals surface area contributed by atoms with Gasteiger partial charge in [-0.2, -0.15) is 0 Å². The molecule has 0 aliphatic rings. The van der Waals surface area contributed by atoms with Crippen LogP contribution in [0.5, 0.6) is 17.4 Å². The van der Waals surface area contributed by atoms with Crippen molar-refractivity contribution in [3.05, 3.63) is 88.8 Å². The van der Waals surface area contributed by atoms with E-state index in [0.29, 0.717) is 28.2 Å². The van der Waals surface area contributed by atoms with Gasteiger partial charge in [0.1, 0.15) is 18.0 Å². The van der Waals surface area contributed by atoms with Crippen molar-refractivity contribution in [3.63, 3.8) is 0 Å². The summed E-state index contributed by atoms with van der Waals surface area (Å²) in [6.07, 6.45) is 0.914. The molecule has 2 aromatic heterocycles. The zero-order valence-electron chi connectivity index (χ0n) is 19.3. The number of benzene rings is 3. The van der Waals surface area contributed by atoms with Gasteiger partial charge in [-0.15, -0.1) is 5.10 Å². The number of aryl methyl sites for hydroxylation is 1. The van der Waals surface area contributed by atoms with Crippen molar-refractivity contribution in [2.24, 2.45) is 0 Å². The van der Waals surface area contributed by atoms with Crippen LogP contribution in [0.4, 0.5) is 5.69 Å². The predicted octanol–water partition coefficient (Wildman–Crippen LogP) is 4.05. The van der Waals surface area contributed by atoms with Gasteiger partial charge in [0.2, 0.25) is 11.6 Å². The van der Waals surface area contributed by atoms with Crippen molar-refractivity contribution >= 4 is 28.3 Å². The molecule has 3 aromatic carbocycles.